The summed E-state index contributed by atoms with van der Waals surface area (Å²) in [7, 11) is 0. The van der Waals surface area contributed by atoms with Crippen LogP contribution in [0, 0.1) is 0 Å². The lowest BCUT2D eigenvalue weighted by Gasteiger charge is -2.22. The van der Waals surface area contributed by atoms with Crippen molar-refractivity contribution in [2.45, 2.75) is 33.1 Å². The minimum atomic E-state index is -0.147. The van der Waals surface area contributed by atoms with Crippen LogP contribution >= 0.6 is 0 Å². The standard InChI is InChI=1S/C58H40N4.C2H6/c1-58(2)50-34-32-39-17-9-10-22-45(39)53(50)49-33-31-42(36-51(49)58)46-24-14-25-48-47-23-11-12-26-52(47)62(54(46)48)44-21-13-20-43(35-44)57-60-55(40-18-7-4-8-19-40)59-56(61-57)41-29-27-38(28-30-41)37-15-5-3-6-16-37;1-2/h3-36H,1-2H3;1-2H3. The van der Waals surface area contributed by atoms with Crippen molar-refractivity contribution in [2.24, 2.45) is 0 Å². The van der Waals surface area contributed by atoms with Gasteiger partial charge in [0.05, 0.1) is 11.0 Å². The van der Waals surface area contributed by atoms with Gasteiger partial charge in [0.25, 0.3) is 0 Å². The van der Waals surface area contributed by atoms with Crippen molar-refractivity contribution >= 4 is 32.6 Å². The fraction of sp³-hybridized carbons (Fsp3) is 0.0833. The molecule has 0 amide bonds. The zero-order valence-corrected chi connectivity index (χ0v) is 36.4. The highest BCUT2D eigenvalue weighted by atomic mass is 15.0. The maximum absolute atomic E-state index is 5.17. The molecule has 4 nitrogen and oxygen atoms in total. The quantitative estimate of drug-likeness (QED) is 0.168. The van der Waals surface area contributed by atoms with Gasteiger partial charge in [0.2, 0.25) is 0 Å². The first kappa shape index (κ1) is 38.9. The van der Waals surface area contributed by atoms with Crippen LogP contribution < -0.4 is 0 Å². The third-order valence-electron chi connectivity index (χ3n) is 12.9. The Labute approximate surface area is 374 Å². The van der Waals surface area contributed by atoms with Gasteiger partial charge in [-0.2, -0.15) is 0 Å². The SMILES string of the molecule is CC.CC1(C)c2cc(-c3cccc4c5ccccc5n(-c5cccc(-c6nc(-c7ccccc7)nc(-c7ccc(-c8ccccc8)cc7)n6)c5)c34)ccc2-c2c1ccc1ccccc21. The van der Waals surface area contributed by atoms with Crippen LogP contribution in [0.25, 0.3) is 106 Å². The van der Waals surface area contributed by atoms with Gasteiger partial charge in [-0.25, -0.2) is 15.0 Å². The molecule has 0 fully saturated rings. The van der Waals surface area contributed by atoms with E-state index in [1.54, 1.807) is 0 Å². The van der Waals surface area contributed by atoms with Crippen molar-refractivity contribution in [3.8, 4) is 73.2 Å². The molecular formula is C60H46N4. The summed E-state index contributed by atoms with van der Waals surface area (Å²) >= 11 is 0. The number of hydrogen-bond acceptors (Lipinski definition) is 3. The second-order valence-corrected chi connectivity index (χ2v) is 16.8. The molecule has 0 bridgehead atoms. The Kier molecular flexibility index (Phi) is 9.58. The third kappa shape index (κ3) is 6.41. The van der Waals surface area contributed by atoms with Gasteiger partial charge in [0, 0.05) is 44.1 Å². The summed E-state index contributed by atoms with van der Waals surface area (Å²) < 4.78 is 2.42. The maximum Gasteiger partial charge on any atom is 0.164 e. The van der Waals surface area contributed by atoms with Gasteiger partial charge in [-0.3, -0.25) is 0 Å². The van der Waals surface area contributed by atoms with Crippen LogP contribution in [0.1, 0.15) is 38.8 Å². The molecule has 0 saturated heterocycles. The molecule has 0 N–H and O–H groups in total. The van der Waals surface area contributed by atoms with E-state index in [1.807, 2.05) is 38.1 Å². The van der Waals surface area contributed by atoms with Gasteiger partial charge < -0.3 is 4.57 Å². The summed E-state index contributed by atoms with van der Waals surface area (Å²) in [4.78, 5) is 15.3. The normalized spacial score (nSPS) is 12.5. The molecule has 0 radical (unpaired) electrons. The molecule has 0 atom stereocenters. The Morgan fingerprint density at radius 2 is 0.922 bits per heavy atom. The molecule has 0 spiro atoms. The zero-order chi connectivity index (χ0) is 43.4. The van der Waals surface area contributed by atoms with Crippen LogP contribution in [0.3, 0.4) is 0 Å². The summed E-state index contributed by atoms with van der Waals surface area (Å²) in [5.41, 5.74) is 16.1. The largest absolute Gasteiger partial charge is 0.309 e. The van der Waals surface area contributed by atoms with E-state index in [-0.39, 0.29) is 5.41 Å². The van der Waals surface area contributed by atoms with Crippen molar-refractivity contribution < 1.29 is 0 Å². The van der Waals surface area contributed by atoms with Gasteiger partial charge in [0.15, 0.2) is 17.5 Å². The minimum Gasteiger partial charge on any atom is -0.309 e. The van der Waals surface area contributed by atoms with Gasteiger partial charge in [-0.1, -0.05) is 210 Å². The highest BCUT2D eigenvalue weighted by Crippen LogP contribution is 2.52. The summed E-state index contributed by atoms with van der Waals surface area (Å²) in [6.45, 7) is 8.74. The molecule has 2 aromatic heterocycles. The van der Waals surface area contributed by atoms with Gasteiger partial charge in [0.1, 0.15) is 0 Å². The molecular weight excluding hydrogens is 777 g/mol. The first-order chi connectivity index (χ1) is 31.5. The van der Waals surface area contributed by atoms with E-state index < -0.39 is 0 Å². The second kappa shape index (κ2) is 15.7. The van der Waals surface area contributed by atoms with Gasteiger partial charge in [-0.05, 0) is 74.0 Å². The number of benzene rings is 9. The highest BCUT2D eigenvalue weighted by Gasteiger charge is 2.36. The molecule has 11 aromatic rings. The average molecular weight is 823 g/mol. The first-order valence-electron chi connectivity index (χ1n) is 22.3. The third-order valence-corrected chi connectivity index (χ3v) is 12.9. The lowest BCUT2D eigenvalue weighted by molar-refractivity contribution is 0.661. The molecule has 1 aliphatic carbocycles. The molecule has 0 aliphatic heterocycles. The fourth-order valence-electron chi connectivity index (χ4n) is 9.77. The zero-order valence-electron chi connectivity index (χ0n) is 36.4. The molecule has 306 valence electrons. The van der Waals surface area contributed by atoms with Gasteiger partial charge in [-0.15, -0.1) is 0 Å². The summed E-state index contributed by atoms with van der Waals surface area (Å²) in [6, 6.07) is 73.7. The monoisotopic (exact) mass is 822 g/mol. The van der Waals surface area contributed by atoms with E-state index in [1.165, 1.54) is 66.0 Å². The summed E-state index contributed by atoms with van der Waals surface area (Å²) in [6.07, 6.45) is 0. The molecule has 9 aromatic carbocycles. The first-order valence-corrected chi connectivity index (χ1v) is 22.3. The minimum absolute atomic E-state index is 0.147. The van der Waals surface area contributed by atoms with Crippen LogP contribution in [-0.2, 0) is 5.41 Å². The number of rotatable bonds is 6. The topological polar surface area (TPSA) is 43.6 Å². The molecule has 64 heavy (non-hydrogen) atoms. The molecule has 0 saturated carbocycles. The van der Waals surface area contributed by atoms with Crippen LogP contribution in [0.5, 0.6) is 0 Å². The van der Waals surface area contributed by atoms with E-state index >= 15 is 0 Å². The Hall–Kier alpha value is -7.95. The highest BCUT2D eigenvalue weighted by molar-refractivity contribution is 6.14. The molecule has 12 rings (SSSR count). The van der Waals surface area contributed by atoms with Crippen LogP contribution in [0.2, 0.25) is 0 Å². The lowest BCUT2D eigenvalue weighted by Crippen LogP contribution is -2.15. The van der Waals surface area contributed by atoms with Crippen LogP contribution in [0.4, 0.5) is 0 Å². The van der Waals surface area contributed by atoms with E-state index in [2.05, 4.69) is 200 Å². The van der Waals surface area contributed by atoms with Crippen molar-refractivity contribution in [3.05, 3.63) is 217 Å². The van der Waals surface area contributed by atoms with Crippen molar-refractivity contribution in [2.75, 3.05) is 0 Å². The maximum atomic E-state index is 5.17. The molecule has 0 unspecified atom stereocenters. The molecule has 4 heteroatoms. The molecule has 2 heterocycles. The van der Waals surface area contributed by atoms with Crippen molar-refractivity contribution in [1.29, 1.82) is 0 Å². The van der Waals surface area contributed by atoms with E-state index in [0.717, 1.165) is 33.5 Å². The average Bonchev–Trinajstić information content (AvgIpc) is 3.83. The summed E-state index contributed by atoms with van der Waals surface area (Å²) in [5, 5.41) is 5.01. The Morgan fingerprint density at radius 3 is 1.67 bits per heavy atom. The lowest BCUT2D eigenvalue weighted by atomic mass is 9.81. The number of hydrogen-bond donors (Lipinski definition) is 0. The Bertz CT molecular complexity index is 3530. The number of para-hydroxylation sites is 2. The number of nitrogens with zero attached hydrogens (tertiary/aromatic N) is 4. The second-order valence-electron chi connectivity index (χ2n) is 16.8. The van der Waals surface area contributed by atoms with E-state index in [4.69, 9.17) is 15.0 Å². The fourth-order valence-corrected chi connectivity index (χ4v) is 9.77. The number of aromatic nitrogens is 4. The van der Waals surface area contributed by atoms with Gasteiger partial charge >= 0.3 is 0 Å². The van der Waals surface area contributed by atoms with Crippen molar-refractivity contribution in [1.82, 2.24) is 19.5 Å². The van der Waals surface area contributed by atoms with E-state index in [0.29, 0.717) is 17.5 Å². The van der Waals surface area contributed by atoms with E-state index in [9.17, 15) is 0 Å². The van der Waals surface area contributed by atoms with Crippen LogP contribution in [0.15, 0.2) is 206 Å². The predicted octanol–water partition coefficient (Wildman–Crippen LogP) is 15.8. The summed E-state index contributed by atoms with van der Waals surface area (Å²) in [5.74, 6) is 1.89. The molecule has 1 aliphatic rings. The van der Waals surface area contributed by atoms with Crippen molar-refractivity contribution in [3.63, 3.8) is 0 Å². The predicted molar refractivity (Wildman–Crippen MR) is 268 cm³/mol. The Morgan fingerprint density at radius 1 is 0.375 bits per heavy atom. The number of fused-ring (bicyclic) bond motifs is 8. The van der Waals surface area contributed by atoms with Crippen LogP contribution in [-0.4, -0.2) is 19.5 Å². The Balaban J connectivity index is 0.00000225. The smallest absolute Gasteiger partial charge is 0.164 e.